The van der Waals surface area contributed by atoms with Gasteiger partial charge in [0.2, 0.25) is 0 Å². The molecule has 0 unspecified atom stereocenters. The molecule has 2 aromatic carbocycles. The fourth-order valence-corrected chi connectivity index (χ4v) is 5.20. The summed E-state index contributed by atoms with van der Waals surface area (Å²) < 4.78 is 3.82. The van der Waals surface area contributed by atoms with E-state index in [1.54, 1.807) is 6.20 Å². The molecule has 8 nitrogen and oxygen atoms in total. The number of tetrazole rings is 1. The van der Waals surface area contributed by atoms with Crippen LogP contribution in [-0.4, -0.2) is 34.7 Å². The summed E-state index contributed by atoms with van der Waals surface area (Å²) in [5.74, 6) is 0.891. The fraction of sp³-hybridized carbons (Fsp3) is 0.323. The van der Waals surface area contributed by atoms with E-state index in [2.05, 4.69) is 89.8 Å². The number of benzene rings is 2. The first-order valence-corrected chi connectivity index (χ1v) is 13.7. The van der Waals surface area contributed by atoms with Crippen LogP contribution in [0.2, 0.25) is 0 Å². The van der Waals surface area contributed by atoms with E-state index in [9.17, 15) is 4.79 Å². The Morgan fingerprint density at radius 1 is 0.949 bits per heavy atom. The first-order valence-electron chi connectivity index (χ1n) is 13.7. The van der Waals surface area contributed by atoms with Gasteiger partial charge in [-0.3, -0.25) is 14.1 Å². The van der Waals surface area contributed by atoms with Crippen molar-refractivity contribution in [1.82, 2.24) is 34.7 Å². The quantitative estimate of drug-likeness (QED) is 0.245. The Morgan fingerprint density at radius 3 is 2.44 bits per heavy atom. The van der Waals surface area contributed by atoms with E-state index in [0.717, 1.165) is 59.4 Å². The molecule has 200 valence electrons. The topological polar surface area (TPSA) is 94.3 Å². The molecule has 0 aliphatic carbocycles. The second-order valence-electron chi connectivity index (χ2n) is 10.2. The summed E-state index contributed by atoms with van der Waals surface area (Å²) in [5, 5.41) is 14.3. The number of nitrogens with zero attached hydrogens (tertiary/aromatic N) is 6. The molecule has 3 aromatic heterocycles. The first-order chi connectivity index (χ1) is 19.0. The number of pyridine rings is 1. The van der Waals surface area contributed by atoms with Gasteiger partial charge in [-0.2, -0.15) is 0 Å². The molecule has 39 heavy (non-hydrogen) atoms. The summed E-state index contributed by atoms with van der Waals surface area (Å²) in [6, 6.07) is 18.5. The summed E-state index contributed by atoms with van der Waals surface area (Å²) in [6.45, 7) is 9.23. The molecule has 3 heterocycles. The van der Waals surface area contributed by atoms with Crippen molar-refractivity contribution in [2.75, 3.05) is 0 Å². The molecule has 0 aliphatic rings. The van der Waals surface area contributed by atoms with Crippen LogP contribution in [0.1, 0.15) is 68.8 Å². The molecule has 5 rings (SSSR count). The van der Waals surface area contributed by atoms with Gasteiger partial charge in [-0.25, -0.2) is 9.89 Å². The van der Waals surface area contributed by atoms with Crippen LogP contribution in [0.25, 0.3) is 28.3 Å². The minimum absolute atomic E-state index is 0.0119. The number of H-pyrrole nitrogens is 1. The minimum Gasteiger partial charge on any atom is -0.292 e. The summed E-state index contributed by atoms with van der Waals surface area (Å²) in [7, 11) is 0. The molecular formula is C31H35N7O. The zero-order valence-corrected chi connectivity index (χ0v) is 23.1. The zero-order valence-electron chi connectivity index (χ0n) is 23.1. The number of rotatable bonds is 10. The lowest BCUT2D eigenvalue weighted by Gasteiger charge is -2.17. The molecule has 0 atom stereocenters. The molecule has 0 saturated carbocycles. The second-order valence-corrected chi connectivity index (χ2v) is 10.2. The van der Waals surface area contributed by atoms with Gasteiger partial charge in [-0.05, 0) is 58.0 Å². The third-order valence-electron chi connectivity index (χ3n) is 7.08. The average Bonchev–Trinajstić information content (AvgIpc) is 3.59. The van der Waals surface area contributed by atoms with Gasteiger partial charge in [0.25, 0.3) is 0 Å². The lowest BCUT2D eigenvalue weighted by molar-refractivity contribution is 0.689. The minimum atomic E-state index is 0.0119. The van der Waals surface area contributed by atoms with E-state index in [4.69, 9.17) is 0 Å². The Kier molecular flexibility index (Phi) is 7.81. The number of aryl methyl sites for hydroxylation is 2. The predicted molar refractivity (Wildman–Crippen MR) is 154 cm³/mol. The number of para-hydroxylation sites is 1. The van der Waals surface area contributed by atoms with Crippen molar-refractivity contribution in [1.29, 1.82) is 0 Å². The second kappa shape index (κ2) is 11.6. The van der Waals surface area contributed by atoms with Crippen molar-refractivity contribution >= 4 is 0 Å². The van der Waals surface area contributed by atoms with Crippen LogP contribution >= 0.6 is 0 Å². The standard InChI is InChI=1S/C31H35N7O/c1-5-9-24-11-7-12-26(21(3)4)29(24)38-20-25(10-6-2)37(31(38)39)19-22-14-16-23(17-15-22)28-27(13-8-18-32-28)30-33-35-36-34-30/h7-8,11-18,20-21H,5-6,9-10,19H2,1-4H3,(H,33,34,35,36). The molecule has 0 fully saturated rings. The summed E-state index contributed by atoms with van der Waals surface area (Å²) in [5.41, 5.74) is 8.20. The van der Waals surface area contributed by atoms with Gasteiger partial charge >= 0.3 is 5.69 Å². The number of hydrogen-bond acceptors (Lipinski definition) is 5. The largest absolute Gasteiger partial charge is 0.333 e. The maximum Gasteiger partial charge on any atom is 0.333 e. The van der Waals surface area contributed by atoms with Crippen molar-refractivity contribution in [3.05, 3.63) is 99.9 Å². The third kappa shape index (κ3) is 5.32. The molecule has 0 saturated heterocycles. The van der Waals surface area contributed by atoms with Crippen molar-refractivity contribution in [3.63, 3.8) is 0 Å². The predicted octanol–water partition coefficient (Wildman–Crippen LogP) is 5.96. The molecule has 0 radical (unpaired) electrons. The Hall–Kier alpha value is -4.33. The van der Waals surface area contributed by atoms with Crippen LogP contribution in [0.15, 0.2) is 71.8 Å². The van der Waals surface area contributed by atoms with Crippen LogP contribution in [0.3, 0.4) is 0 Å². The first kappa shape index (κ1) is 26.3. The fourth-order valence-electron chi connectivity index (χ4n) is 5.20. The highest BCUT2D eigenvalue weighted by Gasteiger charge is 2.19. The van der Waals surface area contributed by atoms with Gasteiger partial charge < -0.3 is 0 Å². The molecule has 1 N–H and O–H groups in total. The molecule has 0 bridgehead atoms. The van der Waals surface area contributed by atoms with E-state index < -0.39 is 0 Å². The third-order valence-corrected chi connectivity index (χ3v) is 7.08. The summed E-state index contributed by atoms with van der Waals surface area (Å²) in [4.78, 5) is 18.5. The Balaban J connectivity index is 1.52. The van der Waals surface area contributed by atoms with Gasteiger partial charge in [-0.15, -0.1) is 5.10 Å². The molecule has 5 aromatic rings. The Labute approximate surface area is 228 Å². The number of nitrogens with one attached hydrogen (secondary N) is 1. The number of aromatic nitrogens is 7. The number of aromatic amines is 1. The molecule has 8 heteroatoms. The zero-order chi connectivity index (χ0) is 27.4. The maximum absolute atomic E-state index is 14.0. The number of imidazole rings is 1. The van der Waals surface area contributed by atoms with Crippen molar-refractivity contribution < 1.29 is 0 Å². The van der Waals surface area contributed by atoms with E-state index in [1.807, 2.05) is 33.4 Å². The van der Waals surface area contributed by atoms with Gasteiger partial charge in [0.1, 0.15) is 0 Å². The Morgan fingerprint density at radius 2 is 1.74 bits per heavy atom. The Bertz CT molecular complexity index is 1600. The van der Waals surface area contributed by atoms with Crippen molar-refractivity contribution in [2.24, 2.45) is 0 Å². The highest BCUT2D eigenvalue weighted by atomic mass is 16.1. The van der Waals surface area contributed by atoms with Gasteiger partial charge in [0.05, 0.1) is 17.9 Å². The van der Waals surface area contributed by atoms with E-state index in [-0.39, 0.29) is 5.69 Å². The van der Waals surface area contributed by atoms with Crippen LogP contribution in [0, 0.1) is 0 Å². The van der Waals surface area contributed by atoms with Crippen molar-refractivity contribution in [2.45, 2.75) is 65.8 Å². The average molecular weight is 522 g/mol. The highest BCUT2D eigenvalue weighted by molar-refractivity contribution is 5.76. The van der Waals surface area contributed by atoms with Gasteiger partial charge in [0.15, 0.2) is 5.82 Å². The van der Waals surface area contributed by atoms with Gasteiger partial charge in [-0.1, -0.05) is 83.0 Å². The molecule has 0 spiro atoms. The summed E-state index contributed by atoms with van der Waals surface area (Å²) >= 11 is 0. The highest BCUT2D eigenvalue weighted by Crippen LogP contribution is 2.29. The monoisotopic (exact) mass is 521 g/mol. The van der Waals surface area contributed by atoms with E-state index in [1.165, 1.54) is 11.1 Å². The van der Waals surface area contributed by atoms with Crippen LogP contribution in [0.5, 0.6) is 0 Å². The lowest BCUT2D eigenvalue weighted by Crippen LogP contribution is -2.26. The SMILES string of the molecule is CCCc1cccc(C(C)C)c1-n1cc(CCC)n(Cc2ccc(-c3ncccc3-c3nnn[nH]3)cc2)c1=O. The smallest absolute Gasteiger partial charge is 0.292 e. The van der Waals surface area contributed by atoms with E-state index >= 15 is 0 Å². The molecule has 0 amide bonds. The lowest BCUT2D eigenvalue weighted by atomic mass is 9.95. The normalized spacial score (nSPS) is 11.4. The van der Waals surface area contributed by atoms with Crippen LogP contribution < -0.4 is 5.69 Å². The van der Waals surface area contributed by atoms with Gasteiger partial charge in [0, 0.05) is 29.2 Å². The molecule has 0 aliphatic heterocycles. The molecular weight excluding hydrogens is 486 g/mol. The number of hydrogen-bond donors (Lipinski definition) is 1. The van der Waals surface area contributed by atoms with E-state index in [0.29, 0.717) is 18.3 Å². The van der Waals surface area contributed by atoms with Crippen LogP contribution in [-0.2, 0) is 19.4 Å². The van der Waals surface area contributed by atoms with Crippen molar-refractivity contribution in [3.8, 4) is 28.3 Å². The summed E-state index contributed by atoms with van der Waals surface area (Å²) in [6.07, 6.45) is 7.61. The maximum atomic E-state index is 14.0. The van der Waals surface area contributed by atoms with Crippen LogP contribution in [0.4, 0.5) is 0 Å².